The van der Waals surface area contributed by atoms with Crippen molar-refractivity contribution in [3.63, 3.8) is 0 Å². The molecule has 0 bridgehead atoms. The molecule has 0 saturated carbocycles. The van der Waals surface area contributed by atoms with Crippen molar-refractivity contribution < 1.29 is 0 Å². The highest BCUT2D eigenvalue weighted by molar-refractivity contribution is 5.58. The van der Waals surface area contributed by atoms with Gasteiger partial charge in [-0.3, -0.25) is 0 Å². The molecule has 0 aliphatic heterocycles. The number of nitrogen functional groups attached to an aromatic ring is 1. The first-order chi connectivity index (χ1) is 8.67. The summed E-state index contributed by atoms with van der Waals surface area (Å²) in [6.07, 6.45) is 3.02. The lowest BCUT2D eigenvalue weighted by Gasteiger charge is -2.24. The van der Waals surface area contributed by atoms with Gasteiger partial charge in [0, 0.05) is 25.1 Å². The van der Waals surface area contributed by atoms with Crippen LogP contribution in [-0.4, -0.2) is 23.1 Å². The molecule has 5 nitrogen and oxygen atoms in total. The third-order valence-corrected chi connectivity index (χ3v) is 2.95. The smallest absolute Gasteiger partial charge is 0.148 e. The summed E-state index contributed by atoms with van der Waals surface area (Å²) in [7, 11) is 0. The molecule has 1 aromatic rings. The van der Waals surface area contributed by atoms with Gasteiger partial charge in [-0.2, -0.15) is 0 Å². The Bertz CT molecular complexity index is 378. The van der Waals surface area contributed by atoms with Crippen LogP contribution in [0.3, 0.4) is 0 Å². The van der Waals surface area contributed by atoms with Crippen LogP contribution in [0.25, 0.3) is 0 Å². The van der Waals surface area contributed by atoms with Crippen LogP contribution in [-0.2, 0) is 6.42 Å². The Kier molecular flexibility index (Phi) is 5.85. The molecule has 3 N–H and O–H groups in total. The van der Waals surface area contributed by atoms with Crippen molar-refractivity contribution in [1.29, 1.82) is 0 Å². The zero-order chi connectivity index (χ0) is 13.5. The Morgan fingerprint density at radius 2 is 1.89 bits per heavy atom. The van der Waals surface area contributed by atoms with Crippen LogP contribution < -0.4 is 16.2 Å². The van der Waals surface area contributed by atoms with Crippen LogP contribution in [0.2, 0.25) is 0 Å². The fourth-order valence-electron chi connectivity index (χ4n) is 2.02. The number of hydrazine groups is 1. The predicted octanol–water partition coefficient (Wildman–Crippen LogP) is 2.26. The zero-order valence-electron chi connectivity index (χ0n) is 12.0. The molecule has 0 aliphatic carbocycles. The number of rotatable bonds is 7. The number of nitrogens with two attached hydrogens (primary N) is 1. The monoisotopic (exact) mass is 251 g/mol. The third kappa shape index (κ3) is 3.32. The lowest BCUT2D eigenvalue weighted by molar-refractivity contribution is 0.755. The molecular formula is C13H25N5. The van der Waals surface area contributed by atoms with Crippen molar-refractivity contribution in [2.45, 2.75) is 47.0 Å². The van der Waals surface area contributed by atoms with Crippen molar-refractivity contribution in [3.8, 4) is 0 Å². The van der Waals surface area contributed by atoms with E-state index < -0.39 is 0 Å². The predicted molar refractivity (Wildman–Crippen MR) is 76.8 cm³/mol. The van der Waals surface area contributed by atoms with Gasteiger partial charge in [-0.05, 0) is 26.7 Å². The van der Waals surface area contributed by atoms with Gasteiger partial charge in [0.05, 0.1) is 0 Å². The molecule has 18 heavy (non-hydrogen) atoms. The Hall–Kier alpha value is -1.36. The highest BCUT2D eigenvalue weighted by Gasteiger charge is 2.14. The summed E-state index contributed by atoms with van der Waals surface area (Å²) >= 11 is 0. The molecule has 0 amide bonds. The summed E-state index contributed by atoms with van der Waals surface area (Å²) in [6, 6.07) is 0. The minimum atomic E-state index is 0.734. The Labute approximate surface area is 110 Å². The van der Waals surface area contributed by atoms with Gasteiger partial charge in [0.1, 0.15) is 17.5 Å². The van der Waals surface area contributed by atoms with Crippen molar-refractivity contribution >= 4 is 11.6 Å². The van der Waals surface area contributed by atoms with Gasteiger partial charge in [-0.25, -0.2) is 15.8 Å². The molecule has 1 aromatic heterocycles. The van der Waals surface area contributed by atoms with Crippen LogP contribution in [0.4, 0.5) is 11.6 Å². The average Bonchev–Trinajstić information content (AvgIpc) is 2.38. The molecule has 0 radical (unpaired) electrons. The van der Waals surface area contributed by atoms with E-state index in [0.717, 1.165) is 55.4 Å². The van der Waals surface area contributed by atoms with Gasteiger partial charge in [0.15, 0.2) is 0 Å². The topological polar surface area (TPSA) is 67.1 Å². The lowest BCUT2D eigenvalue weighted by Crippen LogP contribution is -2.27. The van der Waals surface area contributed by atoms with Crippen molar-refractivity contribution in [1.82, 2.24) is 9.97 Å². The quantitative estimate of drug-likeness (QED) is 0.575. The minimum absolute atomic E-state index is 0.734. The molecule has 0 saturated heterocycles. The fourth-order valence-corrected chi connectivity index (χ4v) is 2.02. The van der Waals surface area contributed by atoms with Gasteiger partial charge in [0.25, 0.3) is 0 Å². The second-order valence-electron chi connectivity index (χ2n) is 4.41. The fraction of sp³-hybridized carbons (Fsp3) is 0.692. The SMILES string of the molecule is CCCc1nc(NN)c(C)c(N(CC)CCC)n1. The van der Waals surface area contributed by atoms with E-state index >= 15 is 0 Å². The number of nitrogens with one attached hydrogen (secondary N) is 1. The molecule has 1 heterocycles. The van der Waals surface area contributed by atoms with Crippen molar-refractivity contribution in [2.75, 3.05) is 23.4 Å². The Morgan fingerprint density at radius 1 is 1.17 bits per heavy atom. The zero-order valence-corrected chi connectivity index (χ0v) is 12.0. The standard InChI is InChI=1S/C13H25N5/c1-5-8-11-15-12(17-14)10(4)13(16-11)18(7-3)9-6-2/h5-9,14H2,1-4H3,(H,15,16,17). The normalized spacial score (nSPS) is 10.5. The summed E-state index contributed by atoms with van der Waals surface area (Å²) < 4.78 is 0. The van der Waals surface area contributed by atoms with Gasteiger partial charge in [-0.1, -0.05) is 13.8 Å². The van der Waals surface area contributed by atoms with Crippen molar-refractivity contribution in [3.05, 3.63) is 11.4 Å². The van der Waals surface area contributed by atoms with Gasteiger partial charge >= 0.3 is 0 Å². The number of nitrogens with zero attached hydrogens (tertiary/aromatic N) is 3. The first kappa shape index (κ1) is 14.7. The van der Waals surface area contributed by atoms with Crippen LogP contribution in [0.1, 0.15) is 45.0 Å². The molecule has 0 unspecified atom stereocenters. The number of anilines is 2. The molecule has 0 spiro atoms. The molecule has 0 aliphatic rings. The average molecular weight is 251 g/mol. The first-order valence-electron chi connectivity index (χ1n) is 6.76. The Balaban J connectivity index is 3.17. The molecule has 1 rings (SSSR count). The number of hydrogen-bond donors (Lipinski definition) is 2. The summed E-state index contributed by atoms with van der Waals surface area (Å²) in [6.45, 7) is 10.4. The van der Waals surface area contributed by atoms with E-state index in [-0.39, 0.29) is 0 Å². The number of aryl methyl sites for hydroxylation is 1. The van der Waals surface area contributed by atoms with Crippen LogP contribution in [0.5, 0.6) is 0 Å². The highest BCUT2D eigenvalue weighted by Crippen LogP contribution is 2.23. The highest BCUT2D eigenvalue weighted by atomic mass is 15.3. The van der Waals surface area contributed by atoms with E-state index in [0.29, 0.717) is 0 Å². The third-order valence-electron chi connectivity index (χ3n) is 2.95. The van der Waals surface area contributed by atoms with E-state index in [1.54, 1.807) is 0 Å². The largest absolute Gasteiger partial charge is 0.357 e. The summed E-state index contributed by atoms with van der Waals surface area (Å²) in [5.41, 5.74) is 3.70. The molecule has 0 fully saturated rings. The molecule has 0 aromatic carbocycles. The van der Waals surface area contributed by atoms with Gasteiger partial charge in [0.2, 0.25) is 0 Å². The summed E-state index contributed by atoms with van der Waals surface area (Å²) in [4.78, 5) is 11.4. The molecular weight excluding hydrogens is 226 g/mol. The summed E-state index contributed by atoms with van der Waals surface area (Å²) in [5.74, 6) is 8.14. The van der Waals surface area contributed by atoms with E-state index in [4.69, 9.17) is 5.84 Å². The molecule has 5 heteroatoms. The van der Waals surface area contributed by atoms with Crippen LogP contribution >= 0.6 is 0 Å². The minimum Gasteiger partial charge on any atom is -0.357 e. The van der Waals surface area contributed by atoms with Crippen molar-refractivity contribution in [2.24, 2.45) is 5.84 Å². The second-order valence-corrected chi connectivity index (χ2v) is 4.41. The first-order valence-corrected chi connectivity index (χ1v) is 6.76. The maximum absolute atomic E-state index is 5.54. The number of hydrogen-bond acceptors (Lipinski definition) is 5. The van der Waals surface area contributed by atoms with Gasteiger partial charge in [-0.15, -0.1) is 0 Å². The molecule has 0 atom stereocenters. The Morgan fingerprint density at radius 3 is 2.39 bits per heavy atom. The maximum atomic E-state index is 5.54. The van der Waals surface area contributed by atoms with E-state index in [9.17, 15) is 0 Å². The van der Waals surface area contributed by atoms with E-state index in [2.05, 4.69) is 41.1 Å². The van der Waals surface area contributed by atoms with Crippen LogP contribution in [0, 0.1) is 6.92 Å². The van der Waals surface area contributed by atoms with Crippen LogP contribution in [0.15, 0.2) is 0 Å². The second kappa shape index (κ2) is 7.16. The molecule has 102 valence electrons. The van der Waals surface area contributed by atoms with Gasteiger partial charge < -0.3 is 10.3 Å². The number of aromatic nitrogens is 2. The van der Waals surface area contributed by atoms with E-state index in [1.807, 2.05) is 6.92 Å². The lowest BCUT2D eigenvalue weighted by atomic mass is 10.2. The summed E-state index contributed by atoms with van der Waals surface area (Å²) in [5, 5.41) is 0. The maximum Gasteiger partial charge on any atom is 0.148 e. The van der Waals surface area contributed by atoms with E-state index in [1.165, 1.54) is 0 Å².